The van der Waals surface area contributed by atoms with Gasteiger partial charge in [0, 0.05) is 36.5 Å². The van der Waals surface area contributed by atoms with Gasteiger partial charge in [-0.15, -0.1) is 0 Å². The number of hydrogen-bond donors (Lipinski definition) is 0. The molecular weight excluding hydrogens is 400 g/mol. The maximum atomic E-state index is 2.37. The van der Waals surface area contributed by atoms with Crippen LogP contribution in [0.1, 0.15) is 22.3 Å². The molecule has 0 atom stereocenters. The van der Waals surface area contributed by atoms with Gasteiger partial charge < -0.3 is 4.90 Å². The molecule has 4 aromatic rings. The van der Waals surface area contributed by atoms with Gasteiger partial charge in [0.1, 0.15) is 0 Å². The standard InChI is InChI=1S/C31H31N2/c1-5-14-28(15-6-1)24-32(25-29-16-7-2-8-17-29)22-13-23-33(26-30-18-9-3-10-19-30)27-31-20-11-4-12-21-31/h1-23H,24-27H2/q+1. The molecule has 0 radical (unpaired) electrons. The van der Waals surface area contributed by atoms with Gasteiger partial charge in [0.2, 0.25) is 0 Å². The molecule has 2 nitrogen and oxygen atoms in total. The summed E-state index contributed by atoms with van der Waals surface area (Å²) in [4.78, 5) is 2.37. The van der Waals surface area contributed by atoms with Crippen LogP contribution >= 0.6 is 0 Å². The minimum absolute atomic E-state index is 0.872. The summed E-state index contributed by atoms with van der Waals surface area (Å²) in [7, 11) is 0. The SMILES string of the molecule is C(/C=C/N(Cc1ccccc1)Cc1ccccc1)=[N+](Cc1ccccc1)Cc1ccccc1. The van der Waals surface area contributed by atoms with Gasteiger partial charge in [-0.1, -0.05) is 121 Å². The first kappa shape index (κ1) is 22.3. The van der Waals surface area contributed by atoms with Gasteiger partial charge in [-0.25, -0.2) is 4.58 Å². The van der Waals surface area contributed by atoms with Crippen LogP contribution in [0, 0.1) is 0 Å². The van der Waals surface area contributed by atoms with E-state index in [1.165, 1.54) is 22.3 Å². The van der Waals surface area contributed by atoms with Crippen molar-refractivity contribution in [1.29, 1.82) is 0 Å². The quantitative estimate of drug-likeness (QED) is 0.200. The average molecular weight is 432 g/mol. The van der Waals surface area contributed by atoms with Crippen LogP contribution in [0.2, 0.25) is 0 Å². The molecule has 2 heteroatoms. The Bertz CT molecular complexity index is 1050. The lowest BCUT2D eigenvalue weighted by Gasteiger charge is -2.20. The van der Waals surface area contributed by atoms with E-state index in [9.17, 15) is 0 Å². The third kappa shape index (κ3) is 7.62. The van der Waals surface area contributed by atoms with Crippen molar-refractivity contribution >= 4 is 6.21 Å². The number of allylic oxidation sites excluding steroid dienone is 1. The molecule has 4 rings (SSSR count). The van der Waals surface area contributed by atoms with Crippen molar-refractivity contribution in [2.24, 2.45) is 0 Å². The van der Waals surface area contributed by atoms with Crippen LogP contribution in [0.5, 0.6) is 0 Å². The Morgan fingerprint density at radius 3 is 1.24 bits per heavy atom. The number of rotatable bonds is 10. The van der Waals surface area contributed by atoms with Crippen molar-refractivity contribution in [3.63, 3.8) is 0 Å². The molecule has 0 aromatic heterocycles. The van der Waals surface area contributed by atoms with Crippen molar-refractivity contribution in [1.82, 2.24) is 4.90 Å². The summed E-state index contributed by atoms with van der Waals surface area (Å²) in [6, 6.07) is 42.6. The summed E-state index contributed by atoms with van der Waals surface area (Å²) in [5.41, 5.74) is 5.24. The van der Waals surface area contributed by atoms with E-state index >= 15 is 0 Å². The van der Waals surface area contributed by atoms with E-state index in [0.717, 1.165) is 26.2 Å². The largest absolute Gasteiger partial charge is 0.369 e. The zero-order valence-electron chi connectivity index (χ0n) is 19.0. The van der Waals surface area contributed by atoms with E-state index in [0.29, 0.717) is 0 Å². The topological polar surface area (TPSA) is 6.25 Å². The van der Waals surface area contributed by atoms with Crippen LogP contribution in [-0.2, 0) is 26.2 Å². The monoisotopic (exact) mass is 431 g/mol. The number of nitrogens with zero attached hydrogens (tertiary/aromatic N) is 2. The van der Waals surface area contributed by atoms with E-state index in [4.69, 9.17) is 0 Å². The Kier molecular flexibility index (Phi) is 8.25. The molecule has 0 spiro atoms. The normalized spacial score (nSPS) is 10.8. The van der Waals surface area contributed by atoms with Crippen molar-refractivity contribution in [2.45, 2.75) is 26.2 Å². The average Bonchev–Trinajstić information content (AvgIpc) is 2.86. The first-order chi connectivity index (χ1) is 16.3. The summed E-state index contributed by atoms with van der Waals surface area (Å²) in [5.74, 6) is 0. The van der Waals surface area contributed by atoms with E-state index in [1.54, 1.807) is 0 Å². The molecular formula is C31H31N2+. The Labute approximate surface area is 197 Å². The van der Waals surface area contributed by atoms with Crippen LogP contribution in [-0.4, -0.2) is 15.7 Å². The van der Waals surface area contributed by atoms with Crippen molar-refractivity contribution in [3.05, 3.63) is 156 Å². The summed E-state index contributed by atoms with van der Waals surface area (Å²) >= 11 is 0. The van der Waals surface area contributed by atoms with Gasteiger partial charge in [0.15, 0.2) is 19.3 Å². The minimum atomic E-state index is 0.872. The molecule has 4 aromatic carbocycles. The third-order valence-electron chi connectivity index (χ3n) is 5.51. The van der Waals surface area contributed by atoms with Gasteiger partial charge in [-0.2, -0.15) is 0 Å². The highest BCUT2D eigenvalue weighted by Crippen LogP contribution is 2.11. The van der Waals surface area contributed by atoms with Crippen molar-refractivity contribution in [3.8, 4) is 0 Å². The van der Waals surface area contributed by atoms with Gasteiger partial charge in [0.05, 0.1) is 0 Å². The molecule has 0 unspecified atom stereocenters. The van der Waals surface area contributed by atoms with Gasteiger partial charge in [-0.3, -0.25) is 0 Å². The van der Waals surface area contributed by atoms with E-state index in [-0.39, 0.29) is 0 Å². The number of benzene rings is 4. The van der Waals surface area contributed by atoms with Crippen LogP contribution in [0.3, 0.4) is 0 Å². The van der Waals surface area contributed by atoms with Crippen LogP contribution < -0.4 is 0 Å². The van der Waals surface area contributed by atoms with Crippen LogP contribution in [0.25, 0.3) is 0 Å². The first-order valence-corrected chi connectivity index (χ1v) is 11.5. The van der Waals surface area contributed by atoms with E-state index in [1.807, 2.05) is 0 Å². The second-order valence-electron chi connectivity index (χ2n) is 8.24. The molecule has 0 aliphatic rings. The summed E-state index contributed by atoms with van der Waals surface area (Å²) in [6.45, 7) is 3.49. The molecule has 0 aliphatic heterocycles. The molecule has 0 amide bonds. The van der Waals surface area contributed by atoms with Crippen molar-refractivity contribution in [2.75, 3.05) is 0 Å². The summed E-state index contributed by atoms with van der Waals surface area (Å²) in [5, 5.41) is 0. The van der Waals surface area contributed by atoms with E-state index < -0.39 is 0 Å². The molecule has 33 heavy (non-hydrogen) atoms. The highest BCUT2D eigenvalue weighted by molar-refractivity contribution is 5.66. The highest BCUT2D eigenvalue weighted by Gasteiger charge is 2.07. The fraction of sp³-hybridized carbons (Fsp3) is 0.129. The van der Waals surface area contributed by atoms with E-state index in [2.05, 4.69) is 149 Å². The third-order valence-corrected chi connectivity index (χ3v) is 5.51. The van der Waals surface area contributed by atoms with Crippen LogP contribution in [0.15, 0.2) is 134 Å². The lowest BCUT2D eigenvalue weighted by atomic mass is 10.2. The fourth-order valence-corrected chi connectivity index (χ4v) is 3.88. The second-order valence-corrected chi connectivity index (χ2v) is 8.24. The Morgan fingerprint density at radius 1 is 0.485 bits per heavy atom. The zero-order chi connectivity index (χ0) is 22.6. The summed E-state index contributed by atoms with van der Waals surface area (Å²) < 4.78 is 2.37. The minimum Gasteiger partial charge on any atom is -0.369 e. The Balaban J connectivity index is 1.54. The lowest BCUT2D eigenvalue weighted by molar-refractivity contribution is -0.555. The highest BCUT2D eigenvalue weighted by atomic mass is 15.1. The summed E-state index contributed by atoms with van der Waals surface area (Å²) in [6.07, 6.45) is 6.60. The van der Waals surface area contributed by atoms with Gasteiger partial charge in [0.25, 0.3) is 0 Å². The first-order valence-electron chi connectivity index (χ1n) is 11.5. The number of hydrogen-bond acceptors (Lipinski definition) is 1. The molecule has 0 saturated carbocycles. The molecule has 0 fully saturated rings. The molecule has 0 bridgehead atoms. The van der Waals surface area contributed by atoms with Gasteiger partial charge >= 0.3 is 0 Å². The molecule has 0 N–H and O–H groups in total. The maximum absolute atomic E-state index is 2.37. The predicted molar refractivity (Wildman–Crippen MR) is 138 cm³/mol. The Hall–Kier alpha value is -3.91. The molecule has 0 saturated heterocycles. The van der Waals surface area contributed by atoms with Gasteiger partial charge in [-0.05, 0) is 11.1 Å². The second kappa shape index (κ2) is 12.2. The van der Waals surface area contributed by atoms with Crippen LogP contribution in [0.4, 0.5) is 0 Å². The molecule has 164 valence electrons. The zero-order valence-corrected chi connectivity index (χ0v) is 19.0. The predicted octanol–water partition coefficient (Wildman–Crippen LogP) is 6.69. The lowest BCUT2D eigenvalue weighted by Crippen LogP contribution is -2.17. The fourth-order valence-electron chi connectivity index (χ4n) is 3.88. The molecule has 0 aliphatic carbocycles. The molecule has 0 heterocycles. The van der Waals surface area contributed by atoms with Crippen molar-refractivity contribution < 1.29 is 4.58 Å². The smallest absolute Gasteiger partial charge is 0.168 e. The maximum Gasteiger partial charge on any atom is 0.168 e. The Morgan fingerprint density at radius 2 is 0.848 bits per heavy atom.